The van der Waals surface area contributed by atoms with Crippen molar-refractivity contribution < 1.29 is 19.1 Å². The van der Waals surface area contributed by atoms with Crippen LogP contribution in [0, 0.1) is 32.1 Å². The lowest BCUT2D eigenvalue weighted by molar-refractivity contribution is -0.140. The Hall–Kier alpha value is -3.22. The fourth-order valence-corrected chi connectivity index (χ4v) is 4.93. The summed E-state index contributed by atoms with van der Waals surface area (Å²) in [6, 6.07) is 10.7. The molecule has 0 aliphatic rings. The van der Waals surface area contributed by atoms with Gasteiger partial charge >= 0.3 is 6.09 Å². The van der Waals surface area contributed by atoms with E-state index < -0.39 is 35.6 Å². The quantitative estimate of drug-likeness (QED) is 0.341. The number of rotatable bonds is 10. The fourth-order valence-electron chi connectivity index (χ4n) is 4.18. The normalized spacial score (nSPS) is 12.6. The first kappa shape index (κ1) is 32.0. The van der Waals surface area contributed by atoms with Gasteiger partial charge in [-0.25, -0.2) is 4.79 Å². The maximum absolute atomic E-state index is 14.1. The number of para-hydroxylation sites is 1. The third-order valence-electron chi connectivity index (χ3n) is 5.97. The van der Waals surface area contributed by atoms with E-state index in [0.29, 0.717) is 22.0 Å². The fraction of sp³-hybridized carbons (Fsp3) is 0.448. The highest BCUT2D eigenvalue weighted by molar-refractivity contribution is 7.98. The molecule has 0 aliphatic carbocycles. The predicted molar refractivity (Wildman–Crippen MR) is 157 cm³/mol. The molecule has 0 saturated carbocycles. The molecule has 0 radical (unpaired) electrons. The van der Waals surface area contributed by atoms with Crippen molar-refractivity contribution >= 4 is 47.0 Å². The molecule has 0 saturated heterocycles. The van der Waals surface area contributed by atoms with Crippen molar-refractivity contribution in [1.29, 1.82) is 5.26 Å². The van der Waals surface area contributed by atoms with Crippen LogP contribution < -0.4 is 10.6 Å². The lowest BCUT2D eigenvalue weighted by atomic mass is 9.93. The Bertz CT molecular complexity index is 1200. The van der Waals surface area contributed by atoms with Crippen LogP contribution >= 0.6 is 23.4 Å². The van der Waals surface area contributed by atoms with Gasteiger partial charge in [-0.2, -0.15) is 17.0 Å². The molecule has 0 bridgehead atoms. The van der Waals surface area contributed by atoms with E-state index in [4.69, 9.17) is 16.3 Å². The van der Waals surface area contributed by atoms with Crippen LogP contribution in [-0.4, -0.2) is 53.0 Å². The SMILES string of the molecule is CSCCC(NC(=O)OC(C)(C)C)C(=O)N(CC#N)C(C(=O)Nc1c(C)cccc1Cl)c1c(C)cccc1C. The third kappa shape index (κ3) is 8.91. The minimum absolute atomic E-state index is 0.284. The summed E-state index contributed by atoms with van der Waals surface area (Å²) in [6.07, 6.45) is 1.42. The predicted octanol–water partition coefficient (Wildman–Crippen LogP) is 5.94. The molecular weight excluding hydrogens is 536 g/mol. The Morgan fingerprint density at radius 2 is 1.67 bits per heavy atom. The highest BCUT2D eigenvalue weighted by Crippen LogP contribution is 2.32. The molecule has 3 amide bonds. The van der Waals surface area contributed by atoms with E-state index in [0.717, 1.165) is 16.7 Å². The maximum Gasteiger partial charge on any atom is 0.408 e. The molecule has 2 aromatic carbocycles. The highest BCUT2D eigenvalue weighted by Gasteiger charge is 2.37. The lowest BCUT2D eigenvalue weighted by Gasteiger charge is -2.34. The van der Waals surface area contributed by atoms with Gasteiger partial charge in [0, 0.05) is 0 Å². The van der Waals surface area contributed by atoms with Crippen LogP contribution in [0.4, 0.5) is 10.5 Å². The molecule has 0 aromatic heterocycles. The first-order valence-electron chi connectivity index (χ1n) is 12.6. The Kier molecular flexibility index (Phi) is 11.7. The van der Waals surface area contributed by atoms with Gasteiger partial charge in [0.05, 0.1) is 16.8 Å². The number of nitrogens with zero attached hydrogens (tertiary/aromatic N) is 2. The summed E-state index contributed by atoms with van der Waals surface area (Å²) < 4.78 is 5.39. The number of alkyl carbamates (subject to hydrolysis) is 1. The molecule has 10 heteroatoms. The molecule has 2 atom stereocenters. The number of benzene rings is 2. The molecule has 39 heavy (non-hydrogen) atoms. The highest BCUT2D eigenvalue weighted by atomic mass is 35.5. The number of ether oxygens (including phenoxy) is 1. The average molecular weight is 573 g/mol. The second-order valence-corrected chi connectivity index (χ2v) is 11.6. The zero-order valence-corrected chi connectivity index (χ0v) is 25.1. The van der Waals surface area contributed by atoms with E-state index in [9.17, 15) is 19.6 Å². The van der Waals surface area contributed by atoms with E-state index in [2.05, 4.69) is 10.6 Å². The van der Waals surface area contributed by atoms with Gasteiger partial charge in [-0.3, -0.25) is 9.59 Å². The summed E-state index contributed by atoms with van der Waals surface area (Å²) >= 11 is 7.91. The van der Waals surface area contributed by atoms with Crippen molar-refractivity contribution in [3.63, 3.8) is 0 Å². The summed E-state index contributed by atoms with van der Waals surface area (Å²) in [5.74, 6) is -0.519. The summed E-state index contributed by atoms with van der Waals surface area (Å²) in [5, 5.41) is 15.7. The van der Waals surface area contributed by atoms with E-state index in [1.807, 2.05) is 57.4 Å². The van der Waals surface area contributed by atoms with Crippen molar-refractivity contribution in [1.82, 2.24) is 10.2 Å². The minimum atomic E-state index is -1.16. The molecule has 2 N–H and O–H groups in total. The number of aryl methyl sites for hydroxylation is 3. The maximum atomic E-state index is 14.1. The second kappa shape index (κ2) is 14.2. The van der Waals surface area contributed by atoms with E-state index in [1.165, 1.54) is 16.7 Å². The molecule has 8 nitrogen and oxygen atoms in total. The van der Waals surface area contributed by atoms with Crippen LogP contribution in [0.3, 0.4) is 0 Å². The van der Waals surface area contributed by atoms with Gasteiger partial charge in [-0.1, -0.05) is 41.9 Å². The molecule has 2 rings (SSSR count). The first-order valence-corrected chi connectivity index (χ1v) is 14.4. The minimum Gasteiger partial charge on any atom is -0.444 e. The Balaban J connectivity index is 2.61. The number of carbonyl (C=O) groups excluding carboxylic acids is 3. The average Bonchev–Trinajstić information content (AvgIpc) is 2.83. The standard InChI is InChI=1S/C29H37ClN4O4S/c1-18-10-8-11-19(2)23(18)25(26(35)33-24-20(3)12-9-13-21(24)30)34(16-15-31)27(36)22(14-17-39-7)32-28(37)38-29(4,5)6/h8-13,22,25H,14,16-17H2,1-7H3,(H,32,37)(H,33,35). The van der Waals surface area contributed by atoms with Crippen molar-refractivity contribution in [3.8, 4) is 6.07 Å². The number of nitriles is 1. The lowest BCUT2D eigenvalue weighted by Crippen LogP contribution is -2.53. The number of thioether (sulfide) groups is 1. The molecule has 0 spiro atoms. The summed E-state index contributed by atoms with van der Waals surface area (Å²) in [7, 11) is 0. The molecule has 2 unspecified atom stereocenters. The Morgan fingerprint density at radius 1 is 1.08 bits per heavy atom. The van der Waals surface area contributed by atoms with Gasteiger partial charge in [0.15, 0.2) is 0 Å². The van der Waals surface area contributed by atoms with Crippen LogP contribution in [0.1, 0.15) is 55.5 Å². The number of carbonyl (C=O) groups is 3. The number of anilines is 1. The number of hydrogen-bond acceptors (Lipinski definition) is 6. The van der Waals surface area contributed by atoms with Crippen molar-refractivity contribution in [2.24, 2.45) is 0 Å². The first-order chi connectivity index (χ1) is 18.3. The van der Waals surface area contributed by atoms with Crippen molar-refractivity contribution in [3.05, 3.63) is 63.7 Å². The molecule has 0 fully saturated rings. The molecule has 2 aromatic rings. The summed E-state index contributed by atoms with van der Waals surface area (Å²) in [5.41, 5.74) is 2.57. The second-order valence-electron chi connectivity index (χ2n) is 10.2. The van der Waals surface area contributed by atoms with Crippen molar-refractivity contribution in [2.75, 3.05) is 23.9 Å². The van der Waals surface area contributed by atoms with Crippen LogP contribution in [0.15, 0.2) is 36.4 Å². The topological polar surface area (TPSA) is 112 Å². The zero-order valence-electron chi connectivity index (χ0n) is 23.6. The Morgan fingerprint density at radius 3 is 2.21 bits per heavy atom. The van der Waals surface area contributed by atoms with Gasteiger partial charge < -0.3 is 20.3 Å². The summed E-state index contributed by atoms with van der Waals surface area (Å²) in [6.45, 7) is 10.3. The van der Waals surface area contributed by atoms with Gasteiger partial charge in [0.2, 0.25) is 5.91 Å². The molecule has 0 heterocycles. The number of halogens is 1. The number of amides is 3. The smallest absolute Gasteiger partial charge is 0.408 e. The monoisotopic (exact) mass is 572 g/mol. The van der Waals surface area contributed by atoms with Crippen LogP contribution in [0.5, 0.6) is 0 Å². The Labute approximate surface area is 240 Å². The van der Waals surface area contributed by atoms with Crippen molar-refractivity contribution in [2.45, 2.75) is 65.6 Å². The van der Waals surface area contributed by atoms with Gasteiger partial charge in [-0.15, -0.1) is 0 Å². The molecule has 210 valence electrons. The number of nitrogens with one attached hydrogen (secondary N) is 2. The van der Waals surface area contributed by atoms with E-state index in [-0.39, 0.29) is 13.0 Å². The molecular formula is C29H37ClN4O4S. The number of hydrogen-bond donors (Lipinski definition) is 2. The van der Waals surface area contributed by atoms with Crippen LogP contribution in [0.25, 0.3) is 0 Å². The third-order valence-corrected chi connectivity index (χ3v) is 6.93. The summed E-state index contributed by atoms with van der Waals surface area (Å²) in [4.78, 5) is 41.9. The molecule has 0 aliphatic heterocycles. The van der Waals surface area contributed by atoms with Crippen LogP contribution in [0.2, 0.25) is 5.02 Å². The largest absolute Gasteiger partial charge is 0.444 e. The van der Waals surface area contributed by atoms with E-state index in [1.54, 1.807) is 32.9 Å². The van der Waals surface area contributed by atoms with E-state index >= 15 is 0 Å². The van der Waals surface area contributed by atoms with Crippen LogP contribution in [-0.2, 0) is 14.3 Å². The van der Waals surface area contributed by atoms with Gasteiger partial charge in [0.25, 0.3) is 5.91 Å². The zero-order chi connectivity index (χ0) is 29.3. The van der Waals surface area contributed by atoms with Gasteiger partial charge in [-0.05, 0) is 88.3 Å². The van der Waals surface area contributed by atoms with Gasteiger partial charge in [0.1, 0.15) is 24.2 Å².